The van der Waals surface area contributed by atoms with Crippen LogP contribution >= 0.6 is 0 Å². The summed E-state index contributed by atoms with van der Waals surface area (Å²) >= 11 is 0. The molecule has 9 heavy (non-hydrogen) atoms. The fourth-order valence-corrected chi connectivity index (χ4v) is 1.36. The van der Waals surface area contributed by atoms with E-state index in [1.165, 1.54) is 0 Å². The van der Waals surface area contributed by atoms with Crippen molar-refractivity contribution in [3.63, 3.8) is 0 Å². The van der Waals surface area contributed by atoms with E-state index in [9.17, 15) is 0 Å². The van der Waals surface area contributed by atoms with Crippen molar-refractivity contribution < 1.29 is 5.11 Å². The first-order valence-electron chi connectivity index (χ1n) is 3.57. The van der Waals surface area contributed by atoms with Crippen molar-refractivity contribution in [3.05, 3.63) is 0 Å². The summed E-state index contributed by atoms with van der Waals surface area (Å²) in [5.74, 6) is 0.523. The Morgan fingerprint density at radius 3 is 2.56 bits per heavy atom. The zero-order valence-corrected chi connectivity index (χ0v) is 6.17. The lowest BCUT2D eigenvalue weighted by molar-refractivity contribution is 0.130. The number of aliphatic hydroxyl groups is 1. The summed E-state index contributed by atoms with van der Waals surface area (Å²) < 4.78 is 0. The molecule has 0 bridgehead atoms. The maximum absolute atomic E-state index is 9.14. The van der Waals surface area contributed by atoms with Crippen molar-refractivity contribution in [2.24, 2.45) is 5.92 Å². The molecule has 1 rings (SSSR count). The molecule has 1 fully saturated rings. The third kappa shape index (κ3) is 1.66. The molecule has 0 aromatic heterocycles. The van der Waals surface area contributed by atoms with Gasteiger partial charge in [-0.1, -0.05) is 0 Å². The van der Waals surface area contributed by atoms with Crippen molar-refractivity contribution in [1.82, 2.24) is 4.90 Å². The molecule has 0 aromatic rings. The molecule has 2 heteroatoms. The fourth-order valence-electron chi connectivity index (χ4n) is 1.36. The first kappa shape index (κ1) is 7.03. The van der Waals surface area contributed by atoms with Crippen molar-refractivity contribution >= 4 is 0 Å². The highest BCUT2D eigenvalue weighted by atomic mass is 16.3. The van der Waals surface area contributed by atoms with Crippen LogP contribution in [-0.2, 0) is 0 Å². The minimum atomic E-state index is -0.116. The third-order valence-corrected chi connectivity index (χ3v) is 2.11. The van der Waals surface area contributed by atoms with Crippen LogP contribution in [0.5, 0.6) is 0 Å². The van der Waals surface area contributed by atoms with Gasteiger partial charge in [-0.3, -0.25) is 0 Å². The Morgan fingerprint density at radius 1 is 1.67 bits per heavy atom. The summed E-state index contributed by atoms with van der Waals surface area (Å²) in [4.78, 5) is 2.26. The van der Waals surface area contributed by atoms with Gasteiger partial charge in [-0.05, 0) is 32.9 Å². The van der Waals surface area contributed by atoms with Gasteiger partial charge in [0.25, 0.3) is 0 Å². The van der Waals surface area contributed by atoms with Crippen LogP contribution in [0, 0.1) is 5.92 Å². The van der Waals surface area contributed by atoms with Gasteiger partial charge in [0.2, 0.25) is 0 Å². The summed E-state index contributed by atoms with van der Waals surface area (Å²) in [6.45, 7) is 4.09. The van der Waals surface area contributed by atoms with Gasteiger partial charge in [0.1, 0.15) is 0 Å². The molecule has 1 aliphatic heterocycles. The maximum Gasteiger partial charge on any atom is 0.0552 e. The lowest BCUT2D eigenvalue weighted by Gasteiger charge is -2.12. The summed E-state index contributed by atoms with van der Waals surface area (Å²) in [6, 6.07) is 0. The minimum absolute atomic E-state index is 0.116. The monoisotopic (exact) mass is 129 g/mol. The van der Waals surface area contributed by atoms with Gasteiger partial charge in [-0.25, -0.2) is 0 Å². The van der Waals surface area contributed by atoms with E-state index in [4.69, 9.17) is 5.11 Å². The standard InChI is InChI=1S/C7H15NO/c1-6(9)7-3-4-8(2)5-7/h6-7,9H,3-5H2,1-2H3/t6-,7+/m0/s1. The molecule has 1 saturated heterocycles. The van der Waals surface area contributed by atoms with Crippen LogP contribution < -0.4 is 0 Å². The van der Waals surface area contributed by atoms with E-state index >= 15 is 0 Å². The molecule has 0 aliphatic carbocycles. The largest absolute Gasteiger partial charge is 0.393 e. The molecule has 2 nitrogen and oxygen atoms in total. The Hall–Kier alpha value is -0.0800. The Labute approximate surface area is 56.5 Å². The lowest BCUT2D eigenvalue weighted by atomic mass is 10.0. The van der Waals surface area contributed by atoms with Crippen LogP contribution in [-0.4, -0.2) is 36.2 Å². The quantitative estimate of drug-likeness (QED) is 0.551. The second-order valence-corrected chi connectivity index (χ2v) is 3.05. The van der Waals surface area contributed by atoms with E-state index in [0.717, 1.165) is 19.5 Å². The molecular weight excluding hydrogens is 114 g/mol. The highest BCUT2D eigenvalue weighted by Gasteiger charge is 2.22. The van der Waals surface area contributed by atoms with Gasteiger partial charge >= 0.3 is 0 Å². The Bertz CT molecular complexity index is 92.9. The Morgan fingerprint density at radius 2 is 2.33 bits per heavy atom. The zero-order valence-electron chi connectivity index (χ0n) is 6.17. The van der Waals surface area contributed by atoms with Gasteiger partial charge in [0.15, 0.2) is 0 Å². The summed E-state index contributed by atoms with van der Waals surface area (Å²) in [5, 5.41) is 9.14. The number of likely N-dealkylation sites (tertiary alicyclic amines) is 1. The van der Waals surface area contributed by atoms with Gasteiger partial charge in [0.05, 0.1) is 6.10 Å². The molecule has 0 spiro atoms. The Balaban J connectivity index is 2.30. The van der Waals surface area contributed by atoms with Crippen molar-refractivity contribution in [3.8, 4) is 0 Å². The highest BCUT2D eigenvalue weighted by Crippen LogP contribution is 2.17. The zero-order chi connectivity index (χ0) is 6.85. The normalized spacial score (nSPS) is 33.0. The number of nitrogens with zero attached hydrogens (tertiary/aromatic N) is 1. The van der Waals surface area contributed by atoms with E-state index in [1.807, 2.05) is 6.92 Å². The third-order valence-electron chi connectivity index (χ3n) is 2.11. The van der Waals surface area contributed by atoms with Crippen molar-refractivity contribution in [1.29, 1.82) is 0 Å². The van der Waals surface area contributed by atoms with Crippen LogP contribution in [0.2, 0.25) is 0 Å². The van der Waals surface area contributed by atoms with Gasteiger partial charge in [-0.2, -0.15) is 0 Å². The first-order valence-corrected chi connectivity index (χ1v) is 3.57. The fraction of sp³-hybridized carbons (Fsp3) is 1.00. The molecule has 54 valence electrons. The summed E-state index contributed by atoms with van der Waals surface area (Å²) in [5.41, 5.74) is 0. The maximum atomic E-state index is 9.14. The van der Waals surface area contributed by atoms with Crippen LogP contribution in [0.1, 0.15) is 13.3 Å². The molecule has 0 saturated carbocycles. The molecule has 0 amide bonds. The molecule has 1 heterocycles. The molecular formula is C7H15NO. The van der Waals surface area contributed by atoms with Crippen LogP contribution in [0.4, 0.5) is 0 Å². The average Bonchev–Trinajstić information content (AvgIpc) is 2.14. The van der Waals surface area contributed by atoms with Crippen molar-refractivity contribution in [2.45, 2.75) is 19.4 Å². The molecule has 1 aliphatic rings. The predicted octanol–water partition coefficient (Wildman–Crippen LogP) is 0.319. The molecule has 0 aromatic carbocycles. The van der Waals surface area contributed by atoms with Crippen LogP contribution in [0.3, 0.4) is 0 Å². The van der Waals surface area contributed by atoms with E-state index < -0.39 is 0 Å². The Kier molecular flexibility index (Phi) is 2.09. The predicted molar refractivity (Wildman–Crippen MR) is 37.3 cm³/mol. The van der Waals surface area contributed by atoms with Crippen molar-refractivity contribution in [2.75, 3.05) is 20.1 Å². The van der Waals surface area contributed by atoms with E-state index in [2.05, 4.69) is 11.9 Å². The topological polar surface area (TPSA) is 23.5 Å². The smallest absolute Gasteiger partial charge is 0.0552 e. The molecule has 0 radical (unpaired) electrons. The second-order valence-electron chi connectivity index (χ2n) is 3.05. The van der Waals surface area contributed by atoms with Crippen LogP contribution in [0.25, 0.3) is 0 Å². The van der Waals surface area contributed by atoms with Crippen LogP contribution in [0.15, 0.2) is 0 Å². The second kappa shape index (κ2) is 2.67. The number of hydrogen-bond acceptors (Lipinski definition) is 2. The number of rotatable bonds is 1. The molecule has 1 N–H and O–H groups in total. The summed E-state index contributed by atoms with van der Waals surface area (Å²) in [7, 11) is 2.10. The molecule has 2 atom stereocenters. The number of aliphatic hydroxyl groups excluding tert-OH is 1. The number of hydrogen-bond donors (Lipinski definition) is 1. The van der Waals surface area contributed by atoms with Gasteiger partial charge < -0.3 is 10.0 Å². The van der Waals surface area contributed by atoms with Gasteiger partial charge in [-0.15, -0.1) is 0 Å². The lowest BCUT2D eigenvalue weighted by Crippen LogP contribution is -2.20. The highest BCUT2D eigenvalue weighted by molar-refractivity contribution is 4.76. The summed E-state index contributed by atoms with van der Waals surface area (Å²) in [6.07, 6.45) is 1.05. The van der Waals surface area contributed by atoms with E-state index in [-0.39, 0.29) is 6.10 Å². The molecule has 0 unspecified atom stereocenters. The van der Waals surface area contributed by atoms with E-state index in [0.29, 0.717) is 5.92 Å². The van der Waals surface area contributed by atoms with Gasteiger partial charge in [0, 0.05) is 6.54 Å². The average molecular weight is 129 g/mol. The SMILES string of the molecule is C[C@H](O)[C@@H]1CCN(C)C1. The first-order chi connectivity index (χ1) is 4.20. The van der Waals surface area contributed by atoms with E-state index in [1.54, 1.807) is 0 Å². The minimum Gasteiger partial charge on any atom is -0.393 e.